The molecule has 0 bridgehead atoms. The number of carbonyl (C=O) groups is 1. The number of hydrogen-bond donors (Lipinski definition) is 1. The molecule has 1 heterocycles. The number of nitrogens with one attached hydrogen (secondary N) is 1. The number of rotatable bonds is 5. The maximum Gasteiger partial charge on any atom is 0.245 e. The van der Waals surface area contributed by atoms with E-state index in [1.807, 2.05) is 48.1 Å². The predicted molar refractivity (Wildman–Crippen MR) is 85.5 cm³/mol. The van der Waals surface area contributed by atoms with Gasteiger partial charge in [-0.3, -0.25) is 4.79 Å². The lowest BCUT2D eigenvalue weighted by Crippen LogP contribution is -2.20. The van der Waals surface area contributed by atoms with Crippen LogP contribution in [-0.2, 0) is 18.3 Å². The summed E-state index contributed by atoms with van der Waals surface area (Å²) in [6.07, 6.45) is 3.75. The minimum absolute atomic E-state index is 0.165. The Balaban J connectivity index is 1.97. The van der Waals surface area contributed by atoms with Gasteiger partial charge in [0, 0.05) is 29.0 Å². The number of aromatic nitrogens is 1. The van der Waals surface area contributed by atoms with Gasteiger partial charge in [0.15, 0.2) is 0 Å². The number of halogens is 1. The molecule has 5 nitrogen and oxygen atoms in total. The standard InChI is InChI=1S/C15H16BrN3O2/c1-19-7-3-4-13(19)9-15(20)18-17-10-11-8-12(16)5-6-14(11)21-2/h3-8,10H,9H2,1-2H3,(H,18,20)/b17-10-. The molecule has 21 heavy (non-hydrogen) atoms. The van der Waals surface area contributed by atoms with E-state index in [0.717, 1.165) is 15.7 Å². The van der Waals surface area contributed by atoms with Gasteiger partial charge in [0.1, 0.15) is 5.75 Å². The van der Waals surface area contributed by atoms with Crippen LogP contribution in [0.25, 0.3) is 0 Å². The molecule has 110 valence electrons. The van der Waals surface area contributed by atoms with E-state index < -0.39 is 0 Å². The van der Waals surface area contributed by atoms with Gasteiger partial charge < -0.3 is 9.30 Å². The molecular weight excluding hydrogens is 334 g/mol. The Labute approximate surface area is 131 Å². The molecule has 2 rings (SSSR count). The van der Waals surface area contributed by atoms with Gasteiger partial charge in [-0.2, -0.15) is 5.10 Å². The molecule has 2 aromatic rings. The minimum atomic E-state index is -0.165. The number of methoxy groups -OCH3 is 1. The molecule has 6 heteroatoms. The number of nitrogens with zero attached hydrogens (tertiary/aromatic N) is 2. The summed E-state index contributed by atoms with van der Waals surface area (Å²) in [7, 11) is 3.49. The zero-order valence-electron chi connectivity index (χ0n) is 11.8. The van der Waals surface area contributed by atoms with E-state index in [2.05, 4.69) is 26.5 Å². The van der Waals surface area contributed by atoms with Gasteiger partial charge in [0.2, 0.25) is 5.91 Å². The van der Waals surface area contributed by atoms with Crippen molar-refractivity contribution >= 4 is 28.1 Å². The Hall–Kier alpha value is -2.08. The molecule has 0 spiro atoms. The van der Waals surface area contributed by atoms with E-state index in [9.17, 15) is 4.79 Å². The van der Waals surface area contributed by atoms with E-state index >= 15 is 0 Å². The van der Waals surface area contributed by atoms with Crippen LogP contribution >= 0.6 is 15.9 Å². The molecule has 1 amide bonds. The van der Waals surface area contributed by atoms with Crippen LogP contribution in [0.1, 0.15) is 11.3 Å². The summed E-state index contributed by atoms with van der Waals surface area (Å²) < 4.78 is 8.05. The smallest absolute Gasteiger partial charge is 0.245 e. The Morgan fingerprint density at radius 2 is 2.29 bits per heavy atom. The van der Waals surface area contributed by atoms with Gasteiger partial charge in [-0.05, 0) is 30.3 Å². The first-order chi connectivity index (χ1) is 10.1. The third kappa shape index (κ3) is 4.19. The molecule has 0 aliphatic carbocycles. The normalized spacial score (nSPS) is 10.8. The lowest BCUT2D eigenvalue weighted by molar-refractivity contribution is -0.120. The summed E-state index contributed by atoms with van der Waals surface area (Å²) in [6.45, 7) is 0. The second kappa shape index (κ2) is 7.08. The highest BCUT2D eigenvalue weighted by Crippen LogP contribution is 2.21. The van der Waals surface area contributed by atoms with E-state index in [4.69, 9.17) is 4.74 Å². The monoisotopic (exact) mass is 349 g/mol. The van der Waals surface area contributed by atoms with Crippen molar-refractivity contribution in [2.75, 3.05) is 7.11 Å². The topological polar surface area (TPSA) is 55.6 Å². The highest BCUT2D eigenvalue weighted by atomic mass is 79.9. The molecule has 0 atom stereocenters. The minimum Gasteiger partial charge on any atom is -0.496 e. The number of amides is 1. The summed E-state index contributed by atoms with van der Waals surface area (Å²) in [4.78, 5) is 11.8. The number of benzene rings is 1. The molecule has 0 unspecified atom stereocenters. The maximum absolute atomic E-state index is 11.8. The van der Waals surface area contributed by atoms with E-state index in [1.54, 1.807) is 13.3 Å². The lowest BCUT2D eigenvalue weighted by Gasteiger charge is -2.05. The number of aryl methyl sites for hydroxylation is 1. The first-order valence-corrected chi connectivity index (χ1v) is 7.15. The van der Waals surface area contributed by atoms with Crippen LogP contribution in [0.2, 0.25) is 0 Å². The van der Waals surface area contributed by atoms with Crippen molar-refractivity contribution in [3.8, 4) is 5.75 Å². The average Bonchev–Trinajstić information content (AvgIpc) is 2.84. The van der Waals surface area contributed by atoms with Crippen LogP contribution in [0.4, 0.5) is 0 Å². The molecule has 0 aliphatic heterocycles. The van der Waals surface area contributed by atoms with Crippen molar-refractivity contribution in [2.45, 2.75) is 6.42 Å². The quantitative estimate of drug-likeness (QED) is 0.665. The average molecular weight is 350 g/mol. The first-order valence-electron chi connectivity index (χ1n) is 6.36. The van der Waals surface area contributed by atoms with Gasteiger partial charge >= 0.3 is 0 Å². The number of carbonyl (C=O) groups excluding carboxylic acids is 1. The molecule has 1 aromatic heterocycles. The van der Waals surface area contributed by atoms with Gasteiger partial charge in [-0.1, -0.05) is 15.9 Å². The fraction of sp³-hybridized carbons (Fsp3) is 0.200. The Kier molecular flexibility index (Phi) is 5.16. The first kappa shape index (κ1) is 15.3. The van der Waals surface area contributed by atoms with Crippen LogP contribution in [0.5, 0.6) is 5.75 Å². The van der Waals surface area contributed by atoms with Gasteiger partial charge in [0.05, 0.1) is 19.7 Å². The Morgan fingerprint density at radius 3 is 2.95 bits per heavy atom. The number of hydrazone groups is 1. The van der Waals surface area contributed by atoms with Crippen LogP contribution in [0.3, 0.4) is 0 Å². The third-order valence-corrected chi connectivity index (χ3v) is 3.47. The van der Waals surface area contributed by atoms with Crippen molar-refractivity contribution < 1.29 is 9.53 Å². The largest absolute Gasteiger partial charge is 0.496 e. The van der Waals surface area contributed by atoms with Crippen molar-refractivity contribution in [2.24, 2.45) is 12.1 Å². The maximum atomic E-state index is 11.8. The van der Waals surface area contributed by atoms with E-state index in [1.165, 1.54) is 0 Å². The predicted octanol–water partition coefficient (Wildman–Crippen LogP) is 2.49. The summed E-state index contributed by atoms with van der Waals surface area (Å²) in [6, 6.07) is 9.38. The van der Waals surface area contributed by atoms with Crippen molar-refractivity contribution in [3.63, 3.8) is 0 Å². The summed E-state index contributed by atoms with van der Waals surface area (Å²) >= 11 is 3.39. The van der Waals surface area contributed by atoms with Crippen molar-refractivity contribution in [1.82, 2.24) is 9.99 Å². The molecular formula is C15H16BrN3O2. The SMILES string of the molecule is COc1ccc(Br)cc1/C=N\NC(=O)Cc1cccn1C. The second-order valence-corrected chi connectivity index (χ2v) is 5.38. The molecule has 0 saturated heterocycles. The second-order valence-electron chi connectivity index (χ2n) is 4.47. The fourth-order valence-corrected chi connectivity index (χ4v) is 2.24. The lowest BCUT2D eigenvalue weighted by atomic mass is 10.2. The van der Waals surface area contributed by atoms with Crippen LogP contribution in [0, 0.1) is 0 Å². The van der Waals surface area contributed by atoms with Crippen LogP contribution < -0.4 is 10.2 Å². The van der Waals surface area contributed by atoms with E-state index in [-0.39, 0.29) is 12.3 Å². The summed E-state index contributed by atoms with van der Waals surface area (Å²) in [5, 5.41) is 3.97. The molecule has 1 aromatic carbocycles. The van der Waals surface area contributed by atoms with Gasteiger partial charge in [-0.25, -0.2) is 5.43 Å². The van der Waals surface area contributed by atoms with Gasteiger partial charge in [0.25, 0.3) is 0 Å². The zero-order valence-corrected chi connectivity index (χ0v) is 13.4. The summed E-state index contributed by atoms with van der Waals surface area (Å²) in [5.74, 6) is 0.528. The molecule has 0 saturated carbocycles. The van der Waals surface area contributed by atoms with Crippen LogP contribution in [-0.4, -0.2) is 23.8 Å². The molecule has 0 fully saturated rings. The van der Waals surface area contributed by atoms with Crippen molar-refractivity contribution in [3.05, 3.63) is 52.3 Å². The van der Waals surface area contributed by atoms with Crippen molar-refractivity contribution in [1.29, 1.82) is 0 Å². The summed E-state index contributed by atoms with van der Waals surface area (Å²) in [5.41, 5.74) is 4.23. The highest BCUT2D eigenvalue weighted by molar-refractivity contribution is 9.10. The number of hydrogen-bond acceptors (Lipinski definition) is 3. The molecule has 1 N–H and O–H groups in total. The van der Waals surface area contributed by atoms with Gasteiger partial charge in [-0.15, -0.1) is 0 Å². The zero-order chi connectivity index (χ0) is 15.2. The highest BCUT2D eigenvalue weighted by Gasteiger charge is 2.05. The molecule has 0 aliphatic rings. The third-order valence-electron chi connectivity index (χ3n) is 2.98. The fourth-order valence-electron chi connectivity index (χ4n) is 1.86. The van der Waals surface area contributed by atoms with E-state index in [0.29, 0.717) is 5.75 Å². The van der Waals surface area contributed by atoms with Crippen LogP contribution in [0.15, 0.2) is 46.1 Å². The Bertz CT molecular complexity index is 665. The number of ether oxygens (including phenoxy) is 1. The Morgan fingerprint density at radius 1 is 1.48 bits per heavy atom. The molecule has 0 radical (unpaired) electrons.